The van der Waals surface area contributed by atoms with Gasteiger partial charge in [-0.05, 0) is 43.7 Å². The number of aryl methyl sites for hydroxylation is 2. The third-order valence-corrected chi connectivity index (χ3v) is 4.84. The van der Waals surface area contributed by atoms with Crippen LogP contribution in [0.5, 0.6) is 0 Å². The van der Waals surface area contributed by atoms with E-state index in [1.165, 1.54) is 23.9 Å². The summed E-state index contributed by atoms with van der Waals surface area (Å²) in [6, 6.07) is 9.19. The Balaban J connectivity index is 1.67. The van der Waals surface area contributed by atoms with Crippen LogP contribution in [0.15, 0.2) is 52.1 Å². The van der Waals surface area contributed by atoms with Gasteiger partial charge in [0.25, 0.3) is 0 Å². The summed E-state index contributed by atoms with van der Waals surface area (Å²) < 4.78 is 23.4. The normalized spacial score (nSPS) is 10.7. The summed E-state index contributed by atoms with van der Waals surface area (Å²) in [4.78, 5) is 16.7. The van der Waals surface area contributed by atoms with Gasteiger partial charge in [-0.2, -0.15) is 0 Å². The number of ether oxygens (including phenoxy) is 1. The molecule has 0 fully saturated rings. The molecule has 0 aliphatic rings. The molecule has 3 aromatic rings. The van der Waals surface area contributed by atoms with Crippen molar-refractivity contribution in [3.63, 3.8) is 0 Å². The van der Waals surface area contributed by atoms with Crippen LogP contribution in [0.3, 0.4) is 0 Å². The number of hydrogen-bond donors (Lipinski definition) is 0. The van der Waals surface area contributed by atoms with E-state index in [4.69, 9.17) is 9.26 Å². The van der Waals surface area contributed by atoms with Crippen molar-refractivity contribution < 1.29 is 18.4 Å². The number of benzene rings is 1. The maximum Gasteiger partial charge on any atom is 0.341 e. The van der Waals surface area contributed by atoms with Crippen LogP contribution in [-0.4, -0.2) is 16.1 Å². The number of pyridine rings is 1. The van der Waals surface area contributed by atoms with E-state index < -0.39 is 5.97 Å². The monoisotopic (exact) mass is 372 g/mol. The van der Waals surface area contributed by atoms with Crippen LogP contribution in [-0.2, 0) is 17.1 Å². The highest BCUT2D eigenvalue weighted by Gasteiger charge is 2.16. The van der Waals surface area contributed by atoms with Crippen molar-refractivity contribution in [3.8, 4) is 0 Å². The fourth-order valence-corrected chi connectivity index (χ4v) is 3.45. The molecule has 1 aromatic carbocycles. The van der Waals surface area contributed by atoms with E-state index in [1.54, 1.807) is 30.5 Å². The Morgan fingerprint density at radius 2 is 2.00 bits per heavy atom. The van der Waals surface area contributed by atoms with Gasteiger partial charge in [0.1, 0.15) is 23.2 Å². The Hall–Kier alpha value is -2.67. The molecular formula is C19H17FN2O3S. The Labute approximate surface area is 154 Å². The summed E-state index contributed by atoms with van der Waals surface area (Å²) in [5.74, 6) is 0.552. The smallest absolute Gasteiger partial charge is 0.341 e. The quantitative estimate of drug-likeness (QED) is 0.470. The number of rotatable bonds is 6. The lowest BCUT2D eigenvalue weighted by Crippen LogP contribution is -2.07. The number of nitrogens with zero attached hydrogens (tertiary/aromatic N) is 2. The van der Waals surface area contributed by atoms with Crippen molar-refractivity contribution >= 4 is 17.7 Å². The van der Waals surface area contributed by atoms with Gasteiger partial charge in [-0.3, -0.25) is 0 Å². The molecule has 0 aliphatic heterocycles. The third kappa shape index (κ3) is 4.29. The molecule has 2 aromatic heterocycles. The van der Waals surface area contributed by atoms with Crippen LogP contribution in [0.1, 0.15) is 32.9 Å². The minimum atomic E-state index is -0.469. The fraction of sp³-hybridized carbons (Fsp3) is 0.211. The molecule has 26 heavy (non-hydrogen) atoms. The number of thioether (sulfide) groups is 1. The topological polar surface area (TPSA) is 65.2 Å². The summed E-state index contributed by atoms with van der Waals surface area (Å²) in [5, 5.41) is 4.51. The predicted octanol–water partition coefficient (Wildman–Crippen LogP) is 4.47. The molecule has 0 unspecified atom stereocenters. The van der Waals surface area contributed by atoms with Crippen molar-refractivity contribution in [3.05, 3.63) is 76.6 Å². The maximum absolute atomic E-state index is 12.9. The Morgan fingerprint density at radius 3 is 2.69 bits per heavy atom. The van der Waals surface area contributed by atoms with Gasteiger partial charge in [0, 0.05) is 17.5 Å². The van der Waals surface area contributed by atoms with Crippen LogP contribution in [0.2, 0.25) is 0 Å². The van der Waals surface area contributed by atoms with Gasteiger partial charge >= 0.3 is 5.97 Å². The van der Waals surface area contributed by atoms with Crippen LogP contribution >= 0.6 is 11.8 Å². The molecule has 0 N–H and O–H groups in total. The molecule has 0 spiro atoms. The highest BCUT2D eigenvalue weighted by molar-refractivity contribution is 7.98. The van der Waals surface area contributed by atoms with E-state index in [0.29, 0.717) is 21.9 Å². The van der Waals surface area contributed by atoms with Crippen molar-refractivity contribution in [2.24, 2.45) is 0 Å². The van der Waals surface area contributed by atoms with Gasteiger partial charge in [0.15, 0.2) is 0 Å². The molecule has 7 heteroatoms. The van der Waals surface area contributed by atoms with E-state index >= 15 is 0 Å². The van der Waals surface area contributed by atoms with Gasteiger partial charge in [-0.25, -0.2) is 14.2 Å². The van der Waals surface area contributed by atoms with E-state index in [9.17, 15) is 9.18 Å². The van der Waals surface area contributed by atoms with Gasteiger partial charge in [0.05, 0.1) is 11.3 Å². The molecule has 2 heterocycles. The first-order chi connectivity index (χ1) is 12.5. The summed E-state index contributed by atoms with van der Waals surface area (Å²) in [7, 11) is 0. The first-order valence-corrected chi connectivity index (χ1v) is 8.94. The molecule has 0 atom stereocenters. The fourth-order valence-electron chi connectivity index (χ4n) is 2.32. The highest BCUT2D eigenvalue weighted by atomic mass is 32.2. The predicted molar refractivity (Wildman–Crippen MR) is 95.3 cm³/mol. The van der Waals surface area contributed by atoms with Crippen molar-refractivity contribution in [2.45, 2.75) is 31.2 Å². The van der Waals surface area contributed by atoms with Gasteiger partial charge in [-0.1, -0.05) is 17.3 Å². The summed E-state index contributed by atoms with van der Waals surface area (Å²) >= 11 is 1.42. The van der Waals surface area contributed by atoms with E-state index in [-0.39, 0.29) is 12.4 Å². The molecule has 0 amide bonds. The van der Waals surface area contributed by atoms with Gasteiger partial charge in [-0.15, -0.1) is 11.8 Å². The minimum Gasteiger partial charge on any atom is -0.457 e. The average Bonchev–Trinajstić information content (AvgIpc) is 2.97. The average molecular weight is 372 g/mol. The minimum absolute atomic E-state index is 0.0714. The van der Waals surface area contributed by atoms with E-state index in [1.807, 2.05) is 13.8 Å². The largest absolute Gasteiger partial charge is 0.457 e. The maximum atomic E-state index is 12.9. The lowest BCUT2D eigenvalue weighted by molar-refractivity contribution is 0.0467. The Kier molecular flexibility index (Phi) is 5.68. The molecular weight excluding hydrogens is 355 g/mol. The molecule has 134 valence electrons. The lowest BCUT2D eigenvalue weighted by Gasteiger charge is -2.08. The summed E-state index contributed by atoms with van der Waals surface area (Å²) in [5.41, 5.74) is 2.93. The Morgan fingerprint density at radius 1 is 1.23 bits per heavy atom. The lowest BCUT2D eigenvalue weighted by atomic mass is 10.2. The number of carbonyl (C=O) groups is 1. The standard InChI is InChI=1S/C19H17FN2O3S/c1-12-17(13(2)25-22-12)11-26-18-16(4-3-9-21-18)19(23)24-10-14-5-7-15(20)8-6-14/h3-9H,10-11H2,1-2H3. The number of esters is 1. The third-order valence-electron chi connectivity index (χ3n) is 3.81. The number of carbonyl (C=O) groups excluding carboxylic acids is 1. The van der Waals surface area contributed by atoms with E-state index in [0.717, 1.165) is 17.0 Å². The molecule has 0 saturated carbocycles. The van der Waals surface area contributed by atoms with Crippen molar-refractivity contribution in [1.82, 2.24) is 10.1 Å². The molecule has 5 nitrogen and oxygen atoms in total. The summed E-state index contributed by atoms with van der Waals surface area (Å²) in [6.45, 7) is 3.80. The zero-order chi connectivity index (χ0) is 18.5. The number of hydrogen-bond acceptors (Lipinski definition) is 6. The van der Waals surface area contributed by atoms with Crippen LogP contribution in [0.25, 0.3) is 0 Å². The zero-order valence-corrected chi connectivity index (χ0v) is 15.2. The van der Waals surface area contributed by atoms with E-state index in [2.05, 4.69) is 10.1 Å². The summed E-state index contributed by atoms with van der Waals surface area (Å²) in [6.07, 6.45) is 1.63. The molecule has 0 radical (unpaired) electrons. The zero-order valence-electron chi connectivity index (χ0n) is 14.4. The number of aromatic nitrogens is 2. The molecule has 0 bridgehead atoms. The van der Waals surface area contributed by atoms with Crippen LogP contribution in [0.4, 0.5) is 4.39 Å². The second-order valence-electron chi connectivity index (χ2n) is 5.65. The van der Waals surface area contributed by atoms with Crippen LogP contribution < -0.4 is 0 Å². The molecule has 0 aliphatic carbocycles. The second-order valence-corrected chi connectivity index (χ2v) is 6.61. The molecule has 0 saturated heterocycles. The van der Waals surface area contributed by atoms with Crippen LogP contribution in [0, 0.1) is 19.7 Å². The number of halogens is 1. The SMILES string of the molecule is Cc1noc(C)c1CSc1ncccc1C(=O)OCc1ccc(F)cc1. The highest BCUT2D eigenvalue weighted by Crippen LogP contribution is 2.27. The van der Waals surface area contributed by atoms with Gasteiger partial charge < -0.3 is 9.26 Å². The van der Waals surface area contributed by atoms with Crippen molar-refractivity contribution in [1.29, 1.82) is 0 Å². The van der Waals surface area contributed by atoms with Gasteiger partial charge in [0.2, 0.25) is 0 Å². The second kappa shape index (κ2) is 8.14. The molecule has 3 rings (SSSR count). The first kappa shape index (κ1) is 18.1. The first-order valence-electron chi connectivity index (χ1n) is 7.95. The Bertz CT molecular complexity index is 890. The van der Waals surface area contributed by atoms with Crippen molar-refractivity contribution in [2.75, 3.05) is 0 Å².